The molecule has 0 spiro atoms. The van der Waals surface area contributed by atoms with Gasteiger partial charge in [-0.15, -0.1) is 0 Å². The highest BCUT2D eigenvalue weighted by atomic mass is 16.5. The second-order valence-corrected chi connectivity index (χ2v) is 7.58. The molecule has 4 rings (SSSR count). The monoisotopic (exact) mass is 382 g/mol. The summed E-state index contributed by atoms with van der Waals surface area (Å²) in [4.78, 5) is 24.0. The molecule has 0 radical (unpaired) electrons. The number of para-hydroxylation sites is 1. The van der Waals surface area contributed by atoms with Crippen molar-refractivity contribution in [3.05, 3.63) is 42.0 Å². The lowest BCUT2D eigenvalue weighted by Crippen LogP contribution is -2.34. The number of amides is 2. The van der Waals surface area contributed by atoms with Crippen molar-refractivity contribution in [3.63, 3.8) is 0 Å². The molecule has 2 aliphatic heterocycles. The van der Waals surface area contributed by atoms with Crippen LogP contribution in [0.2, 0.25) is 0 Å². The highest BCUT2D eigenvalue weighted by Crippen LogP contribution is 2.41. The van der Waals surface area contributed by atoms with Crippen LogP contribution in [-0.2, 0) is 16.0 Å². The number of nitrogens with one attached hydrogen (secondary N) is 2. The summed E-state index contributed by atoms with van der Waals surface area (Å²) < 4.78 is 17.1. The van der Waals surface area contributed by atoms with Gasteiger partial charge in [-0.25, -0.2) is 0 Å². The Kier molecular flexibility index (Phi) is 4.37. The van der Waals surface area contributed by atoms with E-state index in [9.17, 15) is 9.59 Å². The van der Waals surface area contributed by atoms with Crippen LogP contribution in [0.15, 0.2) is 36.4 Å². The van der Waals surface area contributed by atoms with Crippen molar-refractivity contribution in [1.29, 1.82) is 0 Å². The SMILES string of the molecule is C[C@@H]1Oc2ccc(NC(=O)COc3cccc4c3OC(C)(C)C4)cc2NC1=O. The van der Waals surface area contributed by atoms with E-state index >= 15 is 0 Å². The second-order valence-electron chi connectivity index (χ2n) is 7.58. The number of hydrogen-bond donors (Lipinski definition) is 2. The predicted octanol–water partition coefficient (Wildman–Crippen LogP) is 3.14. The van der Waals surface area contributed by atoms with E-state index in [0.29, 0.717) is 28.6 Å². The molecule has 146 valence electrons. The average molecular weight is 382 g/mol. The molecule has 0 saturated carbocycles. The Hall–Kier alpha value is -3.22. The summed E-state index contributed by atoms with van der Waals surface area (Å²) in [6.07, 6.45) is 0.258. The number of rotatable bonds is 4. The maximum atomic E-state index is 12.3. The maximum Gasteiger partial charge on any atom is 0.265 e. The summed E-state index contributed by atoms with van der Waals surface area (Å²) in [5.41, 5.74) is 1.86. The Morgan fingerprint density at radius 2 is 2.14 bits per heavy atom. The lowest BCUT2D eigenvalue weighted by atomic mass is 10.0. The van der Waals surface area contributed by atoms with E-state index in [1.165, 1.54) is 0 Å². The Morgan fingerprint density at radius 1 is 1.32 bits per heavy atom. The summed E-state index contributed by atoms with van der Waals surface area (Å²) in [6, 6.07) is 10.8. The van der Waals surface area contributed by atoms with Crippen LogP contribution in [0.4, 0.5) is 11.4 Å². The molecule has 2 aromatic carbocycles. The summed E-state index contributed by atoms with van der Waals surface area (Å²) in [6.45, 7) is 5.55. The Bertz CT molecular complexity index is 954. The van der Waals surface area contributed by atoms with Crippen LogP contribution >= 0.6 is 0 Å². The molecule has 0 aliphatic carbocycles. The predicted molar refractivity (Wildman–Crippen MR) is 104 cm³/mol. The van der Waals surface area contributed by atoms with Gasteiger partial charge in [0.25, 0.3) is 11.8 Å². The van der Waals surface area contributed by atoms with Gasteiger partial charge in [0.05, 0.1) is 5.69 Å². The molecular weight excluding hydrogens is 360 g/mol. The van der Waals surface area contributed by atoms with Crippen molar-refractivity contribution < 1.29 is 23.8 Å². The molecule has 1 atom stereocenters. The van der Waals surface area contributed by atoms with E-state index in [1.807, 2.05) is 26.0 Å². The van der Waals surface area contributed by atoms with Crippen molar-refractivity contribution in [1.82, 2.24) is 0 Å². The van der Waals surface area contributed by atoms with Gasteiger partial charge in [-0.05, 0) is 45.0 Å². The molecule has 7 heteroatoms. The molecule has 0 bridgehead atoms. The molecule has 0 fully saturated rings. The zero-order valence-corrected chi connectivity index (χ0v) is 16.0. The third kappa shape index (κ3) is 3.60. The summed E-state index contributed by atoms with van der Waals surface area (Å²) >= 11 is 0. The minimum absolute atomic E-state index is 0.156. The number of hydrogen-bond acceptors (Lipinski definition) is 5. The summed E-state index contributed by atoms with van der Waals surface area (Å²) in [5.74, 6) is 1.29. The smallest absolute Gasteiger partial charge is 0.265 e. The van der Waals surface area contributed by atoms with Crippen molar-refractivity contribution in [2.45, 2.75) is 38.9 Å². The van der Waals surface area contributed by atoms with Crippen LogP contribution in [0.3, 0.4) is 0 Å². The summed E-state index contributed by atoms with van der Waals surface area (Å²) in [7, 11) is 0. The number of anilines is 2. The van der Waals surface area contributed by atoms with E-state index < -0.39 is 6.10 Å². The van der Waals surface area contributed by atoms with Gasteiger partial charge in [0.2, 0.25) is 0 Å². The van der Waals surface area contributed by atoms with Gasteiger partial charge < -0.3 is 24.8 Å². The lowest BCUT2D eigenvalue weighted by molar-refractivity contribution is -0.122. The second kappa shape index (κ2) is 6.74. The van der Waals surface area contributed by atoms with E-state index in [2.05, 4.69) is 10.6 Å². The molecule has 0 saturated heterocycles. The van der Waals surface area contributed by atoms with Gasteiger partial charge in [-0.1, -0.05) is 12.1 Å². The molecular formula is C21H22N2O5. The fraction of sp³-hybridized carbons (Fsp3) is 0.333. The zero-order chi connectivity index (χ0) is 19.9. The topological polar surface area (TPSA) is 85.9 Å². The first-order valence-electron chi connectivity index (χ1n) is 9.16. The number of fused-ring (bicyclic) bond motifs is 2. The largest absolute Gasteiger partial charge is 0.483 e. The van der Waals surface area contributed by atoms with E-state index in [-0.39, 0.29) is 24.0 Å². The number of benzene rings is 2. The molecule has 0 aromatic heterocycles. The van der Waals surface area contributed by atoms with Crippen molar-refractivity contribution in [2.24, 2.45) is 0 Å². The lowest BCUT2D eigenvalue weighted by Gasteiger charge is -2.23. The van der Waals surface area contributed by atoms with Crippen LogP contribution in [0.25, 0.3) is 0 Å². The maximum absolute atomic E-state index is 12.3. The molecule has 28 heavy (non-hydrogen) atoms. The van der Waals surface area contributed by atoms with E-state index in [1.54, 1.807) is 31.2 Å². The molecule has 7 nitrogen and oxygen atoms in total. The van der Waals surface area contributed by atoms with Crippen LogP contribution in [0, 0.1) is 0 Å². The van der Waals surface area contributed by atoms with Crippen LogP contribution < -0.4 is 24.8 Å². The molecule has 2 heterocycles. The van der Waals surface area contributed by atoms with Crippen molar-refractivity contribution in [2.75, 3.05) is 17.2 Å². The van der Waals surface area contributed by atoms with Crippen LogP contribution in [0.5, 0.6) is 17.2 Å². The fourth-order valence-electron chi connectivity index (χ4n) is 3.33. The number of ether oxygens (including phenoxy) is 3. The van der Waals surface area contributed by atoms with E-state index in [4.69, 9.17) is 14.2 Å². The normalized spacial score (nSPS) is 18.8. The van der Waals surface area contributed by atoms with Crippen LogP contribution in [-0.4, -0.2) is 30.1 Å². The molecule has 2 amide bonds. The van der Waals surface area contributed by atoms with Gasteiger partial charge in [0, 0.05) is 17.7 Å². The van der Waals surface area contributed by atoms with Crippen LogP contribution in [0.1, 0.15) is 26.3 Å². The third-order valence-corrected chi connectivity index (χ3v) is 4.61. The van der Waals surface area contributed by atoms with E-state index in [0.717, 1.165) is 12.0 Å². The highest BCUT2D eigenvalue weighted by molar-refractivity contribution is 5.99. The van der Waals surface area contributed by atoms with Gasteiger partial charge in [0.1, 0.15) is 11.4 Å². The van der Waals surface area contributed by atoms with Gasteiger partial charge in [-0.2, -0.15) is 0 Å². The summed E-state index contributed by atoms with van der Waals surface area (Å²) in [5, 5.41) is 5.51. The quantitative estimate of drug-likeness (QED) is 0.849. The Labute approximate surface area is 163 Å². The fourth-order valence-corrected chi connectivity index (χ4v) is 3.33. The first-order valence-corrected chi connectivity index (χ1v) is 9.16. The first-order chi connectivity index (χ1) is 13.3. The number of carbonyl (C=O) groups excluding carboxylic acids is 2. The van der Waals surface area contributed by atoms with Gasteiger partial charge in [-0.3, -0.25) is 9.59 Å². The Balaban J connectivity index is 1.40. The van der Waals surface area contributed by atoms with Gasteiger partial charge in [0.15, 0.2) is 24.2 Å². The minimum atomic E-state index is -0.541. The third-order valence-electron chi connectivity index (χ3n) is 4.61. The molecule has 2 N–H and O–H groups in total. The standard InChI is InChI=1S/C21H22N2O5/c1-12-20(25)23-15-9-14(7-8-16(15)27-12)22-18(24)11-26-17-6-4-5-13-10-21(2,3)28-19(13)17/h4-9,12H,10-11H2,1-3H3,(H,22,24)(H,23,25)/t12-/m0/s1. The first kappa shape index (κ1) is 18.2. The highest BCUT2D eigenvalue weighted by Gasteiger charge is 2.32. The van der Waals surface area contributed by atoms with Crippen molar-refractivity contribution in [3.8, 4) is 17.2 Å². The minimum Gasteiger partial charge on any atom is -0.483 e. The Morgan fingerprint density at radius 3 is 2.96 bits per heavy atom. The molecule has 2 aliphatic rings. The van der Waals surface area contributed by atoms with Gasteiger partial charge >= 0.3 is 0 Å². The zero-order valence-electron chi connectivity index (χ0n) is 16.0. The molecule has 2 aromatic rings. The van der Waals surface area contributed by atoms with Crippen molar-refractivity contribution >= 4 is 23.2 Å². The number of carbonyl (C=O) groups is 2. The average Bonchev–Trinajstić information content (AvgIpc) is 2.95. The molecule has 0 unspecified atom stereocenters.